The summed E-state index contributed by atoms with van der Waals surface area (Å²) in [6, 6.07) is 4.00. The van der Waals surface area contributed by atoms with Gasteiger partial charge in [-0.2, -0.15) is 5.10 Å². The molecule has 0 aromatic carbocycles. The van der Waals surface area contributed by atoms with Crippen molar-refractivity contribution in [1.82, 2.24) is 9.61 Å². The molecular weight excluding hydrogens is 176 g/mol. The Labute approximate surface area is 83.3 Å². The minimum Gasteiger partial charge on any atom is -0.495 e. The molecule has 0 saturated heterocycles. The van der Waals surface area contributed by atoms with Gasteiger partial charge in [-0.25, -0.2) is 4.52 Å². The molecule has 0 aliphatic carbocycles. The molecule has 0 unspecified atom stereocenters. The van der Waals surface area contributed by atoms with Gasteiger partial charge in [0.25, 0.3) is 0 Å². The summed E-state index contributed by atoms with van der Waals surface area (Å²) in [7, 11) is 1.66. The Kier molecular flexibility index (Phi) is 2.15. The largest absolute Gasteiger partial charge is 0.495 e. The lowest BCUT2D eigenvalue weighted by atomic mass is 10.1. The zero-order valence-electron chi connectivity index (χ0n) is 8.69. The van der Waals surface area contributed by atoms with Crippen molar-refractivity contribution in [3.8, 4) is 5.75 Å². The molecule has 3 heteroatoms. The lowest BCUT2D eigenvalue weighted by Gasteiger charge is -2.03. The Bertz CT molecular complexity index is 445. The molecule has 2 heterocycles. The van der Waals surface area contributed by atoms with E-state index in [1.165, 1.54) is 5.56 Å². The predicted octanol–water partition coefficient (Wildman–Crippen LogP) is 2.47. The van der Waals surface area contributed by atoms with Crippen molar-refractivity contribution >= 4 is 5.52 Å². The molecule has 0 atom stereocenters. The van der Waals surface area contributed by atoms with Crippen LogP contribution in [-0.2, 0) is 0 Å². The zero-order chi connectivity index (χ0) is 10.1. The monoisotopic (exact) mass is 190 g/mol. The first-order chi connectivity index (χ1) is 6.72. The summed E-state index contributed by atoms with van der Waals surface area (Å²) in [5, 5.41) is 4.29. The van der Waals surface area contributed by atoms with Gasteiger partial charge in [-0.1, -0.05) is 13.8 Å². The van der Waals surface area contributed by atoms with Crippen molar-refractivity contribution in [1.29, 1.82) is 0 Å². The van der Waals surface area contributed by atoms with Crippen molar-refractivity contribution in [2.24, 2.45) is 0 Å². The van der Waals surface area contributed by atoms with E-state index in [2.05, 4.69) is 18.9 Å². The molecule has 0 spiro atoms. The van der Waals surface area contributed by atoms with E-state index in [0.717, 1.165) is 11.3 Å². The van der Waals surface area contributed by atoms with Crippen molar-refractivity contribution in [3.05, 3.63) is 30.1 Å². The molecule has 2 rings (SSSR count). The molecule has 0 fully saturated rings. The average Bonchev–Trinajstić information content (AvgIpc) is 2.59. The molecule has 0 aliphatic rings. The molecule has 0 radical (unpaired) electrons. The third-order valence-corrected chi connectivity index (χ3v) is 2.38. The smallest absolute Gasteiger partial charge is 0.137 e. The van der Waals surface area contributed by atoms with Gasteiger partial charge in [-0.15, -0.1) is 0 Å². The van der Waals surface area contributed by atoms with Gasteiger partial charge in [0, 0.05) is 5.56 Å². The summed E-state index contributed by atoms with van der Waals surface area (Å²) in [5.41, 5.74) is 2.42. The van der Waals surface area contributed by atoms with Gasteiger partial charge < -0.3 is 4.74 Å². The zero-order valence-corrected chi connectivity index (χ0v) is 8.69. The van der Waals surface area contributed by atoms with Crippen LogP contribution in [-0.4, -0.2) is 16.7 Å². The summed E-state index contributed by atoms with van der Waals surface area (Å²) < 4.78 is 6.99. The number of rotatable bonds is 2. The molecule has 0 aliphatic heterocycles. The van der Waals surface area contributed by atoms with Gasteiger partial charge in [0.1, 0.15) is 5.75 Å². The third-order valence-electron chi connectivity index (χ3n) is 2.38. The number of methoxy groups -OCH3 is 1. The average molecular weight is 190 g/mol. The summed E-state index contributed by atoms with van der Waals surface area (Å²) in [6.45, 7) is 4.34. The van der Waals surface area contributed by atoms with Crippen molar-refractivity contribution in [3.63, 3.8) is 0 Å². The van der Waals surface area contributed by atoms with Gasteiger partial charge in [0.15, 0.2) is 0 Å². The topological polar surface area (TPSA) is 26.5 Å². The molecule has 3 nitrogen and oxygen atoms in total. The number of fused-ring (bicyclic) bond motifs is 1. The van der Waals surface area contributed by atoms with Crippen LogP contribution in [0.2, 0.25) is 0 Å². The molecule has 14 heavy (non-hydrogen) atoms. The van der Waals surface area contributed by atoms with Crippen LogP contribution in [0.15, 0.2) is 24.5 Å². The second-order valence-electron chi connectivity index (χ2n) is 3.65. The Hall–Kier alpha value is -1.51. The van der Waals surface area contributed by atoms with Crippen molar-refractivity contribution in [2.75, 3.05) is 7.11 Å². The van der Waals surface area contributed by atoms with E-state index in [1.807, 2.05) is 29.0 Å². The summed E-state index contributed by atoms with van der Waals surface area (Å²) >= 11 is 0. The molecule has 0 amide bonds. The van der Waals surface area contributed by atoms with Crippen LogP contribution in [0.5, 0.6) is 5.75 Å². The summed E-state index contributed by atoms with van der Waals surface area (Å²) in [4.78, 5) is 0. The third kappa shape index (κ3) is 1.35. The van der Waals surface area contributed by atoms with Crippen LogP contribution in [0.1, 0.15) is 25.3 Å². The first-order valence-electron chi connectivity index (χ1n) is 4.73. The molecule has 74 valence electrons. The highest BCUT2D eigenvalue weighted by atomic mass is 16.5. The molecule has 2 aromatic rings. The highest BCUT2D eigenvalue weighted by Crippen LogP contribution is 2.22. The van der Waals surface area contributed by atoms with Gasteiger partial charge in [-0.3, -0.25) is 0 Å². The highest BCUT2D eigenvalue weighted by Gasteiger charge is 2.07. The van der Waals surface area contributed by atoms with E-state index in [1.54, 1.807) is 7.11 Å². The summed E-state index contributed by atoms with van der Waals surface area (Å²) in [5.74, 6) is 1.33. The predicted molar refractivity (Wildman–Crippen MR) is 55.8 cm³/mol. The van der Waals surface area contributed by atoms with Gasteiger partial charge in [0.05, 0.1) is 25.0 Å². The van der Waals surface area contributed by atoms with Crippen LogP contribution in [0.25, 0.3) is 5.52 Å². The van der Waals surface area contributed by atoms with E-state index in [9.17, 15) is 0 Å². The number of pyridine rings is 1. The molecular formula is C11H14N2O. The van der Waals surface area contributed by atoms with Crippen LogP contribution in [0.4, 0.5) is 0 Å². The molecule has 2 aromatic heterocycles. The number of aromatic nitrogens is 2. The lowest BCUT2D eigenvalue weighted by Crippen LogP contribution is -1.91. The standard InChI is InChI=1S/C11H14N2O/c1-8(2)10-6-12-13-7-9(14-3)4-5-11(10)13/h4-8H,1-3H3. The number of ether oxygens (including phenoxy) is 1. The Balaban J connectivity index is 2.59. The molecule has 0 saturated carbocycles. The number of nitrogens with zero attached hydrogens (tertiary/aromatic N) is 2. The maximum Gasteiger partial charge on any atom is 0.137 e. The van der Waals surface area contributed by atoms with E-state index in [0.29, 0.717) is 5.92 Å². The highest BCUT2D eigenvalue weighted by molar-refractivity contribution is 5.56. The van der Waals surface area contributed by atoms with Crippen LogP contribution in [0.3, 0.4) is 0 Å². The van der Waals surface area contributed by atoms with E-state index < -0.39 is 0 Å². The van der Waals surface area contributed by atoms with Crippen LogP contribution >= 0.6 is 0 Å². The maximum absolute atomic E-state index is 5.13. The normalized spacial score (nSPS) is 11.1. The van der Waals surface area contributed by atoms with Crippen molar-refractivity contribution < 1.29 is 4.74 Å². The first kappa shape index (κ1) is 9.06. The van der Waals surface area contributed by atoms with E-state index >= 15 is 0 Å². The molecule has 0 N–H and O–H groups in total. The lowest BCUT2D eigenvalue weighted by molar-refractivity contribution is 0.411. The van der Waals surface area contributed by atoms with Gasteiger partial charge in [-0.05, 0) is 18.1 Å². The fraction of sp³-hybridized carbons (Fsp3) is 0.364. The van der Waals surface area contributed by atoms with Crippen molar-refractivity contribution in [2.45, 2.75) is 19.8 Å². The van der Waals surface area contributed by atoms with E-state index in [4.69, 9.17) is 4.74 Å². The van der Waals surface area contributed by atoms with E-state index in [-0.39, 0.29) is 0 Å². The first-order valence-corrected chi connectivity index (χ1v) is 4.73. The fourth-order valence-corrected chi connectivity index (χ4v) is 1.55. The minimum atomic E-state index is 0.501. The van der Waals surface area contributed by atoms with Crippen LogP contribution in [0, 0.1) is 0 Å². The number of hydrogen-bond donors (Lipinski definition) is 0. The fourth-order valence-electron chi connectivity index (χ4n) is 1.55. The Morgan fingerprint density at radius 2 is 2.14 bits per heavy atom. The number of hydrogen-bond acceptors (Lipinski definition) is 2. The van der Waals surface area contributed by atoms with Gasteiger partial charge >= 0.3 is 0 Å². The Morgan fingerprint density at radius 3 is 2.79 bits per heavy atom. The van der Waals surface area contributed by atoms with Gasteiger partial charge in [0.2, 0.25) is 0 Å². The second-order valence-corrected chi connectivity index (χ2v) is 3.65. The minimum absolute atomic E-state index is 0.501. The Morgan fingerprint density at radius 1 is 1.36 bits per heavy atom. The maximum atomic E-state index is 5.13. The molecule has 0 bridgehead atoms. The second kappa shape index (κ2) is 3.33. The van der Waals surface area contributed by atoms with Crippen LogP contribution < -0.4 is 4.74 Å². The SMILES string of the molecule is COc1ccc2c(C(C)C)cnn2c1. The quantitative estimate of drug-likeness (QED) is 0.727. The summed E-state index contributed by atoms with van der Waals surface area (Å²) in [6.07, 6.45) is 3.81.